The first kappa shape index (κ1) is 18.3. The summed E-state index contributed by atoms with van der Waals surface area (Å²) >= 11 is 0. The van der Waals surface area contributed by atoms with E-state index in [1.165, 1.54) is 57.8 Å². The summed E-state index contributed by atoms with van der Waals surface area (Å²) in [6.45, 7) is 8.54. The van der Waals surface area contributed by atoms with Crippen LogP contribution in [-0.4, -0.2) is 5.78 Å². The van der Waals surface area contributed by atoms with Gasteiger partial charge in [0.05, 0.1) is 0 Å². The number of rotatable bonds is 2. The molecule has 4 fully saturated rings. The van der Waals surface area contributed by atoms with Crippen molar-refractivity contribution in [3.63, 3.8) is 0 Å². The standard InChI is InChI=1S/C23H34O.CHN/c1-3-23-11-10-19-18-8-7-17(24)12-16(18)13-20(15-5-6-15)22(19)21(23)9-4-14(23)2;1-2/h12,14-15,18-22H,3-11,13H2,1-2H3;1H. The van der Waals surface area contributed by atoms with Crippen molar-refractivity contribution in [1.82, 2.24) is 0 Å². The van der Waals surface area contributed by atoms with Crippen molar-refractivity contribution < 1.29 is 4.79 Å². The van der Waals surface area contributed by atoms with Gasteiger partial charge in [0.2, 0.25) is 0 Å². The van der Waals surface area contributed by atoms with Crippen LogP contribution in [0.5, 0.6) is 0 Å². The minimum absolute atomic E-state index is 0.419. The molecule has 5 rings (SSSR count). The average molecular weight is 354 g/mol. The van der Waals surface area contributed by atoms with Gasteiger partial charge in [-0.2, -0.15) is 0 Å². The van der Waals surface area contributed by atoms with Crippen LogP contribution in [-0.2, 0) is 4.79 Å². The van der Waals surface area contributed by atoms with Crippen LogP contribution in [0.15, 0.2) is 11.6 Å². The van der Waals surface area contributed by atoms with Crippen molar-refractivity contribution in [2.75, 3.05) is 0 Å². The van der Waals surface area contributed by atoms with Crippen molar-refractivity contribution in [2.24, 2.45) is 46.8 Å². The molecule has 2 heteroatoms. The molecule has 0 saturated heterocycles. The van der Waals surface area contributed by atoms with E-state index in [4.69, 9.17) is 5.26 Å². The normalized spacial score (nSPS) is 46.9. The zero-order valence-electron chi connectivity index (χ0n) is 16.6. The molecule has 26 heavy (non-hydrogen) atoms. The van der Waals surface area contributed by atoms with Gasteiger partial charge in [-0.3, -0.25) is 4.79 Å². The van der Waals surface area contributed by atoms with Crippen molar-refractivity contribution in [3.05, 3.63) is 11.6 Å². The molecule has 0 aliphatic heterocycles. The molecule has 5 aliphatic rings. The Morgan fingerprint density at radius 1 is 1.12 bits per heavy atom. The Labute approximate surface area is 159 Å². The van der Waals surface area contributed by atoms with Crippen LogP contribution < -0.4 is 0 Å². The summed E-state index contributed by atoms with van der Waals surface area (Å²) in [6, 6.07) is 0. The van der Waals surface area contributed by atoms with Crippen LogP contribution in [0, 0.1) is 58.7 Å². The lowest BCUT2D eigenvalue weighted by Gasteiger charge is -2.57. The van der Waals surface area contributed by atoms with Crippen molar-refractivity contribution in [2.45, 2.75) is 78.1 Å². The molecular formula is C24H35NO. The number of carbonyl (C=O) groups is 1. The average Bonchev–Trinajstić information content (AvgIpc) is 3.46. The molecule has 0 aromatic heterocycles. The van der Waals surface area contributed by atoms with Crippen molar-refractivity contribution in [3.8, 4) is 6.57 Å². The molecule has 0 amide bonds. The second-order valence-corrected chi connectivity index (χ2v) is 9.99. The summed E-state index contributed by atoms with van der Waals surface area (Å²) in [5.41, 5.74) is 2.25. The summed E-state index contributed by atoms with van der Waals surface area (Å²) in [5, 5.41) is 6.50. The highest BCUT2D eigenvalue weighted by atomic mass is 16.1. The van der Waals surface area contributed by atoms with Gasteiger partial charge in [-0.1, -0.05) is 19.4 Å². The predicted octanol–water partition coefficient (Wildman–Crippen LogP) is 5.93. The molecular weight excluding hydrogens is 318 g/mol. The molecule has 0 aromatic carbocycles. The highest BCUT2D eigenvalue weighted by molar-refractivity contribution is 5.91. The Bertz CT molecular complexity index is 615. The summed E-state index contributed by atoms with van der Waals surface area (Å²) in [4.78, 5) is 12.0. The third kappa shape index (κ3) is 2.61. The van der Waals surface area contributed by atoms with E-state index in [-0.39, 0.29) is 0 Å². The quantitative estimate of drug-likeness (QED) is 0.617. The van der Waals surface area contributed by atoms with Gasteiger partial charge in [0, 0.05) is 13.0 Å². The van der Waals surface area contributed by atoms with E-state index in [9.17, 15) is 4.79 Å². The summed E-state index contributed by atoms with van der Waals surface area (Å²) < 4.78 is 0. The fraction of sp³-hybridized carbons (Fsp3) is 0.833. The second-order valence-electron chi connectivity index (χ2n) is 9.99. The summed E-state index contributed by atoms with van der Waals surface area (Å²) in [6.07, 6.45) is 15.6. The smallest absolute Gasteiger partial charge is 0.155 e. The molecule has 5 aliphatic carbocycles. The maximum atomic E-state index is 12.0. The fourth-order valence-corrected chi connectivity index (χ4v) is 8.16. The Morgan fingerprint density at radius 2 is 1.88 bits per heavy atom. The molecule has 0 spiro atoms. The maximum absolute atomic E-state index is 12.0. The Kier molecular flexibility index (Phi) is 4.79. The zero-order valence-corrected chi connectivity index (χ0v) is 16.6. The van der Waals surface area contributed by atoms with Crippen molar-refractivity contribution in [1.29, 1.82) is 5.26 Å². The molecule has 7 unspecified atom stereocenters. The highest BCUT2D eigenvalue weighted by Gasteiger charge is 2.60. The first-order valence-electron chi connectivity index (χ1n) is 11.1. The van der Waals surface area contributed by atoms with Crippen LogP contribution in [0.3, 0.4) is 0 Å². The number of hydrogen-bond acceptors (Lipinski definition) is 2. The first-order chi connectivity index (χ1) is 12.6. The SMILES string of the molecule is C#N.CCC12CCC3C4CCC(=O)C=C4CC(C4CC4)C3C1CCC2C. The second kappa shape index (κ2) is 6.81. The monoisotopic (exact) mass is 353 g/mol. The molecule has 0 radical (unpaired) electrons. The van der Waals surface area contributed by atoms with Gasteiger partial charge in [-0.25, -0.2) is 5.26 Å². The van der Waals surface area contributed by atoms with E-state index in [0.717, 1.165) is 47.8 Å². The number of nitriles is 1. The van der Waals surface area contributed by atoms with E-state index < -0.39 is 0 Å². The van der Waals surface area contributed by atoms with Crippen LogP contribution in [0.1, 0.15) is 78.1 Å². The van der Waals surface area contributed by atoms with Gasteiger partial charge < -0.3 is 0 Å². The topological polar surface area (TPSA) is 40.9 Å². The summed E-state index contributed by atoms with van der Waals surface area (Å²) in [7, 11) is 0. The summed E-state index contributed by atoms with van der Waals surface area (Å²) in [5.74, 6) is 6.96. The number of ketones is 1. The molecule has 0 bridgehead atoms. The maximum Gasteiger partial charge on any atom is 0.155 e. The van der Waals surface area contributed by atoms with Gasteiger partial charge in [-0.15, -0.1) is 0 Å². The minimum atomic E-state index is 0.419. The third-order valence-corrected chi connectivity index (χ3v) is 9.43. The molecule has 2 nitrogen and oxygen atoms in total. The Hall–Kier alpha value is -1.10. The molecule has 0 aromatic rings. The lowest BCUT2D eigenvalue weighted by Crippen LogP contribution is -2.50. The predicted molar refractivity (Wildman–Crippen MR) is 104 cm³/mol. The van der Waals surface area contributed by atoms with Gasteiger partial charge in [0.15, 0.2) is 5.78 Å². The molecule has 7 atom stereocenters. The van der Waals surface area contributed by atoms with Gasteiger partial charge in [0.1, 0.15) is 0 Å². The molecule has 4 saturated carbocycles. The largest absolute Gasteiger partial charge is 0.295 e. The lowest BCUT2D eigenvalue weighted by molar-refractivity contribution is -0.116. The molecule has 0 N–H and O–H groups in total. The van der Waals surface area contributed by atoms with Crippen LogP contribution in [0.2, 0.25) is 0 Å². The Morgan fingerprint density at radius 3 is 2.58 bits per heavy atom. The lowest BCUT2D eigenvalue weighted by atomic mass is 9.47. The van der Waals surface area contributed by atoms with Crippen LogP contribution in [0.25, 0.3) is 0 Å². The van der Waals surface area contributed by atoms with E-state index in [1.54, 1.807) is 5.57 Å². The van der Waals surface area contributed by atoms with E-state index in [0.29, 0.717) is 11.2 Å². The fourth-order valence-electron chi connectivity index (χ4n) is 8.16. The number of nitrogens with zero attached hydrogens (tertiary/aromatic N) is 1. The number of carbonyl (C=O) groups excluding carboxylic acids is 1. The van der Waals surface area contributed by atoms with Gasteiger partial charge in [0.25, 0.3) is 0 Å². The number of allylic oxidation sites excluding steroid dienone is 1. The highest BCUT2D eigenvalue weighted by Crippen LogP contribution is 2.68. The van der Waals surface area contributed by atoms with Crippen LogP contribution >= 0.6 is 0 Å². The zero-order chi connectivity index (χ0) is 18.5. The van der Waals surface area contributed by atoms with E-state index in [2.05, 4.69) is 26.5 Å². The molecule has 0 heterocycles. The van der Waals surface area contributed by atoms with E-state index in [1.807, 2.05) is 0 Å². The molecule has 142 valence electrons. The van der Waals surface area contributed by atoms with Crippen LogP contribution in [0.4, 0.5) is 0 Å². The van der Waals surface area contributed by atoms with Gasteiger partial charge in [-0.05, 0) is 111 Å². The minimum Gasteiger partial charge on any atom is -0.295 e. The Balaban J connectivity index is 0.000000814. The van der Waals surface area contributed by atoms with Gasteiger partial charge >= 0.3 is 0 Å². The number of hydrogen-bond donors (Lipinski definition) is 0. The number of fused-ring (bicyclic) bond motifs is 5. The van der Waals surface area contributed by atoms with Crippen molar-refractivity contribution >= 4 is 5.78 Å². The third-order valence-electron chi connectivity index (χ3n) is 9.43. The van der Waals surface area contributed by atoms with E-state index >= 15 is 0 Å². The first-order valence-corrected chi connectivity index (χ1v) is 11.1.